The Hall–Kier alpha value is -1.69. The molecule has 0 atom stereocenters. The molecule has 2 rings (SSSR count). The lowest BCUT2D eigenvalue weighted by molar-refractivity contribution is 0.382. The summed E-state index contributed by atoms with van der Waals surface area (Å²) >= 11 is 0. The van der Waals surface area contributed by atoms with Crippen molar-refractivity contribution in [1.29, 1.82) is 0 Å². The van der Waals surface area contributed by atoms with Crippen LogP contribution in [0.5, 0.6) is 0 Å². The number of hydrogen-bond acceptors (Lipinski definition) is 4. The van der Waals surface area contributed by atoms with Gasteiger partial charge in [-0.25, -0.2) is 10.1 Å². The zero-order valence-electron chi connectivity index (χ0n) is 7.98. The predicted molar refractivity (Wildman–Crippen MR) is 51.7 cm³/mol. The molecule has 0 aliphatic heterocycles. The molecule has 14 heavy (non-hydrogen) atoms. The molecule has 2 aromatic heterocycles. The first-order chi connectivity index (χ1) is 6.50. The summed E-state index contributed by atoms with van der Waals surface area (Å²) in [5.41, 5.74) is 6.01. The van der Waals surface area contributed by atoms with Crippen LogP contribution < -0.4 is 11.3 Å². The maximum Gasteiger partial charge on any atom is 0.292 e. The van der Waals surface area contributed by atoms with Gasteiger partial charge >= 0.3 is 0 Å². The largest absolute Gasteiger partial charge is 0.311 e. The second kappa shape index (κ2) is 2.65. The van der Waals surface area contributed by atoms with Gasteiger partial charge in [-0.1, -0.05) is 0 Å². The molecule has 0 bridgehead atoms. The van der Waals surface area contributed by atoms with Crippen molar-refractivity contribution < 1.29 is 0 Å². The molecular formula is C8H11N5O. The number of nitrogens with two attached hydrogens (primary N) is 1. The van der Waals surface area contributed by atoms with Crippen molar-refractivity contribution in [2.24, 2.45) is 5.73 Å². The van der Waals surface area contributed by atoms with Gasteiger partial charge in [0.15, 0.2) is 5.52 Å². The number of nitrogens with zero attached hydrogens (tertiary/aromatic N) is 3. The number of imidazole rings is 1. The molecule has 0 radical (unpaired) electrons. The van der Waals surface area contributed by atoms with E-state index in [0.717, 1.165) is 0 Å². The molecule has 0 saturated carbocycles. The van der Waals surface area contributed by atoms with Crippen molar-refractivity contribution >= 4 is 11.0 Å². The van der Waals surface area contributed by atoms with Crippen LogP contribution in [0.3, 0.4) is 0 Å². The number of fused-ring (bicyclic) bond motifs is 1. The van der Waals surface area contributed by atoms with Gasteiger partial charge in [0.1, 0.15) is 0 Å². The van der Waals surface area contributed by atoms with Gasteiger partial charge in [-0.2, -0.15) is 5.10 Å². The average molecular weight is 193 g/mol. The van der Waals surface area contributed by atoms with Crippen molar-refractivity contribution in [2.45, 2.75) is 19.5 Å². The fourth-order valence-electron chi connectivity index (χ4n) is 1.32. The molecule has 0 fully saturated rings. The van der Waals surface area contributed by atoms with Crippen LogP contribution in [0.25, 0.3) is 11.0 Å². The van der Waals surface area contributed by atoms with Gasteiger partial charge in [0.25, 0.3) is 5.56 Å². The lowest BCUT2D eigenvalue weighted by Gasteiger charge is -2.21. The standard InChI is InChI=1S/C8H11N5O/c1-8(2,9)13-4-10-6-5(13)3-11-12-7(6)14/h3-4H,9H2,1-2H3,(H,12,14). The Morgan fingerprint density at radius 2 is 2.29 bits per heavy atom. The summed E-state index contributed by atoms with van der Waals surface area (Å²) in [6, 6.07) is 0. The highest BCUT2D eigenvalue weighted by Gasteiger charge is 2.17. The van der Waals surface area contributed by atoms with Gasteiger partial charge in [-0.15, -0.1) is 0 Å². The van der Waals surface area contributed by atoms with Crippen molar-refractivity contribution in [3.05, 3.63) is 22.9 Å². The summed E-state index contributed by atoms with van der Waals surface area (Å²) in [6.45, 7) is 3.66. The van der Waals surface area contributed by atoms with Crippen LogP contribution in [0, 0.1) is 0 Å². The summed E-state index contributed by atoms with van der Waals surface area (Å²) in [5, 5.41) is 6.02. The quantitative estimate of drug-likeness (QED) is 0.654. The Labute approximate surface area is 79.8 Å². The van der Waals surface area contributed by atoms with E-state index in [9.17, 15) is 4.79 Å². The molecule has 0 spiro atoms. The van der Waals surface area contributed by atoms with E-state index >= 15 is 0 Å². The van der Waals surface area contributed by atoms with Gasteiger partial charge in [0, 0.05) is 0 Å². The van der Waals surface area contributed by atoms with E-state index in [1.165, 1.54) is 0 Å². The van der Waals surface area contributed by atoms with E-state index in [2.05, 4.69) is 15.2 Å². The van der Waals surface area contributed by atoms with Crippen LogP contribution in [0.2, 0.25) is 0 Å². The number of nitrogens with one attached hydrogen (secondary N) is 1. The molecule has 0 saturated heterocycles. The zero-order chi connectivity index (χ0) is 10.3. The fraction of sp³-hybridized carbons (Fsp3) is 0.375. The molecule has 3 N–H and O–H groups in total. The molecule has 2 aromatic rings. The number of hydrogen-bond donors (Lipinski definition) is 2. The van der Waals surface area contributed by atoms with Crippen molar-refractivity contribution in [1.82, 2.24) is 19.7 Å². The maximum atomic E-state index is 11.3. The molecule has 0 aliphatic rings. The molecule has 74 valence electrons. The first kappa shape index (κ1) is 8.89. The Kier molecular flexibility index (Phi) is 1.68. The average Bonchev–Trinajstić information content (AvgIpc) is 2.47. The fourth-order valence-corrected chi connectivity index (χ4v) is 1.32. The monoisotopic (exact) mass is 193 g/mol. The van der Waals surface area contributed by atoms with Gasteiger partial charge in [0.2, 0.25) is 0 Å². The lowest BCUT2D eigenvalue weighted by Crippen LogP contribution is -2.35. The minimum absolute atomic E-state index is 0.300. The topological polar surface area (TPSA) is 89.6 Å². The predicted octanol–water partition coefficient (Wildman–Crippen LogP) is -0.229. The second-order valence-corrected chi connectivity index (χ2v) is 3.70. The minimum atomic E-state index is -0.593. The van der Waals surface area contributed by atoms with Gasteiger partial charge < -0.3 is 10.3 Å². The van der Waals surface area contributed by atoms with E-state index in [1.54, 1.807) is 17.1 Å². The summed E-state index contributed by atoms with van der Waals surface area (Å²) in [7, 11) is 0. The van der Waals surface area contributed by atoms with Crippen LogP contribution in [-0.4, -0.2) is 19.7 Å². The van der Waals surface area contributed by atoms with E-state index in [1.807, 2.05) is 13.8 Å². The highest BCUT2D eigenvalue weighted by Crippen LogP contribution is 2.14. The van der Waals surface area contributed by atoms with Gasteiger partial charge in [-0.05, 0) is 13.8 Å². The highest BCUT2D eigenvalue weighted by atomic mass is 16.1. The maximum absolute atomic E-state index is 11.3. The van der Waals surface area contributed by atoms with Gasteiger partial charge in [-0.3, -0.25) is 4.79 Å². The summed E-state index contributed by atoms with van der Waals surface area (Å²) in [5.74, 6) is 0. The zero-order valence-corrected chi connectivity index (χ0v) is 7.98. The van der Waals surface area contributed by atoms with Gasteiger partial charge in [0.05, 0.1) is 23.7 Å². The highest BCUT2D eigenvalue weighted by molar-refractivity contribution is 5.72. The molecule has 6 heteroatoms. The first-order valence-corrected chi connectivity index (χ1v) is 4.20. The van der Waals surface area contributed by atoms with E-state index < -0.39 is 5.66 Å². The van der Waals surface area contributed by atoms with Crippen LogP contribution in [0.15, 0.2) is 17.3 Å². The molecule has 0 aliphatic carbocycles. The molecule has 0 aromatic carbocycles. The second-order valence-electron chi connectivity index (χ2n) is 3.70. The third-order valence-electron chi connectivity index (χ3n) is 1.99. The number of H-pyrrole nitrogens is 1. The van der Waals surface area contributed by atoms with Crippen molar-refractivity contribution in [3.63, 3.8) is 0 Å². The third-order valence-corrected chi connectivity index (χ3v) is 1.99. The summed E-state index contributed by atoms with van der Waals surface area (Å²) < 4.78 is 1.71. The number of rotatable bonds is 1. The minimum Gasteiger partial charge on any atom is -0.311 e. The Bertz CT molecular complexity index is 518. The van der Waals surface area contributed by atoms with E-state index in [0.29, 0.717) is 11.0 Å². The Morgan fingerprint density at radius 3 is 2.93 bits per heavy atom. The summed E-state index contributed by atoms with van der Waals surface area (Å²) in [6.07, 6.45) is 3.08. The molecule has 6 nitrogen and oxygen atoms in total. The lowest BCUT2D eigenvalue weighted by atomic mass is 10.2. The van der Waals surface area contributed by atoms with Crippen LogP contribution >= 0.6 is 0 Å². The van der Waals surface area contributed by atoms with Crippen LogP contribution in [-0.2, 0) is 5.66 Å². The first-order valence-electron chi connectivity index (χ1n) is 4.20. The van der Waals surface area contributed by atoms with E-state index in [-0.39, 0.29) is 5.56 Å². The van der Waals surface area contributed by atoms with Crippen LogP contribution in [0.1, 0.15) is 13.8 Å². The normalized spacial score (nSPS) is 12.2. The van der Waals surface area contributed by atoms with E-state index in [4.69, 9.17) is 5.73 Å². The molecule has 0 unspecified atom stereocenters. The molecule has 2 heterocycles. The third kappa shape index (κ3) is 1.20. The molecular weight excluding hydrogens is 182 g/mol. The number of aromatic nitrogens is 4. The number of aromatic amines is 1. The van der Waals surface area contributed by atoms with Crippen molar-refractivity contribution in [2.75, 3.05) is 0 Å². The summed E-state index contributed by atoms with van der Waals surface area (Å²) in [4.78, 5) is 15.3. The Morgan fingerprint density at radius 1 is 1.57 bits per heavy atom. The smallest absolute Gasteiger partial charge is 0.292 e. The van der Waals surface area contributed by atoms with Crippen LogP contribution in [0.4, 0.5) is 0 Å². The SMILES string of the molecule is CC(C)(N)n1cnc2c(=O)[nH]ncc21. The Balaban J connectivity index is 2.83. The molecule has 0 amide bonds. The van der Waals surface area contributed by atoms with Crippen molar-refractivity contribution in [3.8, 4) is 0 Å².